The number of hydrogen-bond acceptors (Lipinski definition) is 6. The third-order valence-corrected chi connectivity index (χ3v) is 5.08. The number of nitrogens with zero attached hydrogens (tertiary/aromatic N) is 4. The van der Waals surface area contributed by atoms with Crippen molar-refractivity contribution < 1.29 is 4.79 Å². The van der Waals surface area contributed by atoms with Gasteiger partial charge in [-0.25, -0.2) is 15.0 Å². The molecule has 3 heterocycles. The topological polar surface area (TPSA) is 107 Å². The summed E-state index contributed by atoms with van der Waals surface area (Å²) in [4.78, 5) is 30.0. The van der Waals surface area contributed by atoms with Crippen molar-refractivity contribution in [3.8, 4) is 11.8 Å². The lowest BCUT2D eigenvalue weighted by Gasteiger charge is -2.07. The Morgan fingerprint density at radius 3 is 2.53 bits per heavy atom. The predicted octanol–water partition coefficient (Wildman–Crippen LogP) is 5.21. The van der Waals surface area contributed by atoms with Gasteiger partial charge in [-0.3, -0.25) is 9.78 Å². The molecule has 7 nitrogen and oxygen atoms in total. The number of nitrogens with two attached hydrogens (primary N) is 1. The Morgan fingerprint density at radius 1 is 1.15 bits per heavy atom. The fraction of sp³-hybridized carbons (Fsp3) is 0.269. The molecular formula is C26H29ClN6O. The summed E-state index contributed by atoms with van der Waals surface area (Å²) < 4.78 is 0. The Morgan fingerprint density at radius 2 is 1.85 bits per heavy atom. The van der Waals surface area contributed by atoms with Gasteiger partial charge in [0.25, 0.3) is 5.91 Å². The number of aryl methyl sites for hydroxylation is 2. The Balaban J connectivity index is 0.00000199. The zero-order chi connectivity index (χ0) is 25.3. The van der Waals surface area contributed by atoms with Crippen LogP contribution < -0.4 is 11.1 Å². The number of aromatic nitrogens is 4. The quantitative estimate of drug-likeness (QED) is 0.395. The molecule has 3 N–H and O–H groups in total. The molecule has 0 aromatic carbocycles. The van der Waals surface area contributed by atoms with Gasteiger partial charge in [-0.15, -0.1) is 0 Å². The number of carbonyl (C=O) groups excluding carboxylic acids is 1. The Kier molecular flexibility index (Phi) is 9.72. The highest BCUT2D eigenvalue weighted by Gasteiger charge is 2.11. The summed E-state index contributed by atoms with van der Waals surface area (Å²) >= 11 is 6.08. The lowest BCUT2D eigenvalue weighted by molar-refractivity contribution is 0.0966. The number of fused-ring (bicyclic) bond motifs is 1. The van der Waals surface area contributed by atoms with E-state index in [1.54, 1.807) is 30.6 Å². The lowest BCUT2D eigenvalue weighted by Crippen LogP contribution is -2.22. The Labute approximate surface area is 205 Å². The van der Waals surface area contributed by atoms with Gasteiger partial charge in [-0.05, 0) is 39.3 Å². The van der Waals surface area contributed by atoms with E-state index in [0.29, 0.717) is 44.9 Å². The van der Waals surface area contributed by atoms with Crippen molar-refractivity contribution in [3.63, 3.8) is 0 Å². The molecular weight excluding hydrogens is 448 g/mol. The number of pyridine rings is 2. The molecule has 0 radical (unpaired) electrons. The summed E-state index contributed by atoms with van der Waals surface area (Å²) in [6.45, 7) is 11.5. The molecule has 0 aliphatic carbocycles. The minimum atomic E-state index is -0.311. The maximum atomic E-state index is 12.6. The van der Waals surface area contributed by atoms with E-state index < -0.39 is 0 Å². The number of rotatable bonds is 4. The van der Waals surface area contributed by atoms with Gasteiger partial charge >= 0.3 is 0 Å². The third-order valence-electron chi connectivity index (χ3n) is 4.70. The van der Waals surface area contributed by atoms with Gasteiger partial charge in [0.05, 0.1) is 28.7 Å². The SMILES string of the molecule is C/C=C(\C=C(\Cl)CC)NC(=O)c1cncc(C#Cc2c(N)ncc3nc(C)c(C)nc23)c1.CC. The van der Waals surface area contributed by atoms with Gasteiger partial charge in [0.2, 0.25) is 0 Å². The minimum absolute atomic E-state index is 0.265. The first-order valence-corrected chi connectivity index (χ1v) is 11.4. The van der Waals surface area contributed by atoms with Crippen molar-refractivity contribution in [2.45, 2.75) is 48.0 Å². The summed E-state index contributed by atoms with van der Waals surface area (Å²) in [5.41, 5.74) is 10.9. The van der Waals surface area contributed by atoms with Gasteiger partial charge in [-0.1, -0.05) is 50.3 Å². The van der Waals surface area contributed by atoms with Crippen molar-refractivity contribution in [1.82, 2.24) is 25.3 Å². The van der Waals surface area contributed by atoms with E-state index in [1.807, 2.05) is 41.5 Å². The van der Waals surface area contributed by atoms with Crippen LogP contribution in [0.4, 0.5) is 5.82 Å². The first kappa shape index (κ1) is 26.5. The van der Waals surface area contributed by atoms with Crippen LogP contribution in [-0.2, 0) is 0 Å². The fourth-order valence-electron chi connectivity index (χ4n) is 2.77. The average molecular weight is 477 g/mol. The molecule has 3 aromatic heterocycles. The molecule has 0 saturated heterocycles. The summed E-state index contributed by atoms with van der Waals surface area (Å²) in [6.07, 6.45) is 8.80. The molecule has 176 valence electrons. The van der Waals surface area contributed by atoms with Gasteiger partial charge < -0.3 is 11.1 Å². The van der Waals surface area contributed by atoms with Crippen molar-refractivity contribution in [3.05, 3.63) is 75.6 Å². The van der Waals surface area contributed by atoms with E-state index in [9.17, 15) is 4.79 Å². The Hall–Kier alpha value is -3.76. The van der Waals surface area contributed by atoms with Gasteiger partial charge in [0.1, 0.15) is 16.9 Å². The molecule has 0 fully saturated rings. The molecule has 0 aliphatic heterocycles. The molecule has 34 heavy (non-hydrogen) atoms. The van der Waals surface area contributed by atoms with Crippen LogP contribution in [0, 0.1) is 25.7 Å². The first-order chi connectivity index (χ1) is 16.3. The number of amides is 1. The van der Waals surface area contributed by atoms with E-state index >= 15 is 0 Å². The number of anilines is 1. The summed E-state index contributed by atoms with van der Waals surface area (Å²) in [7, 11) is 0. The number of allylic oxidation sites excluding steroid dienone is 3. The standard InChI is InChI=1S/C24H23ClN6O.C2H6/c1-5-18(25)10-19(6-2)31-24(32)17-9-16(11-27-12-17)7-8-20-22-21(13-28-23(20)26)29-14(3)15(4)30-22;1-2/h6,9-13H,5H2,1-4H3,(H2,26,28)(H,31,32);1-2H3/b18-10+,19-6+;. The summed E-state index contributed by atoms with van der Waals surface area (Å²) in [5.74, 6) is 5.98. The largest absolute Gasteiger partial charge is 0.383 e. The molecule has 0 spiro atoms. The molecule has 0 aliphatic rings. The highest BCUT2D eigenvalue weighted by atomic mass is 35.5. The molecule has 3 aromatic rings. The Bertz CT molecular complexity index is 1320. The normalized spacial score (nSPS) is 11.3. The summed E-state index contributed by atoms with van der Waals surface area (Å²) in [6, 6.07) is 1.66. The number of nitrogens with one attached hydrogen (secondary N) is 1. The number of hydrogen-bond donors (Lipinski definition) is 2. The van der Waals surface area contributed by atoms with Crippen LogP contribution in [0.2, 0.25) is 0 Å². The zero-order valence-electron chi connectivity index (χ0n) is 20.3. The summed E-state index contributed by atoms with van der Waals surface area (Å²) in [5, 5.41) is 3.46. The van der Waals surface area contributed by atoms with E-state index in [0.717, 1.165) is 11.4 Å². The smallest absolute Gasteiger partial charge is 0.257 e. The molecule has 0 unspecified atom stereocenters. The number of carbonyl (C=O) groups is 1. The van der Waals surface area contributed by atoms with Crippen LogP contribution in [0.15, 0.2) is 47.5 Å². The maximum Gasteiger partial charge on any atom is 0.257 e. The van der Waals surface area contributed by atoms with Gasteiger partial charge in [0.15, 0.2) is 0 Å². The molecule has 3 rings (SSSR count). The monoisotopic (exact) mass is 476 g/mol. The maximum absolute atomic E-state index is 12.6. The third kappa shape index (κ3) is 6.63. The second kappa shape index (κ2) is 12.5. The predicted molar refractivity (Wildman–Crippen MR) is 138 cm³/mol. The number of halogens is 1. The van der Waals surface area contributed by atoms with Crippen LogP contribution in [-0.4, -0.2) is 25.8 Å². The van der Waals surface area contributed by atoms with Crippen LogP contribution in [0.3, 0.4) is 0 Å². The second-order valence-corrected chi connectivity index (χ2v) is 7.49. The van der Waals surface area contributed by atoms with Gasteiger partial charge in [0, 0.05) is 28.7 Å². The molecule has 0 bridgehead atoms. The molecule has 0 atom stereocenters. The van der Waals surface area contributed by atoms with Crippen LogP contribution in [0.1, 0.15) is 67.0 Å². The average Bonchev–Trinajstić information content (AvgIpc) is 2.85. The van der Waals surface area contributed by atoms with E-state index in [2.05, 4.69) is 37.1 Å². The van der Waals surface area contributed by atoms with Crippen molar-refractivity contribution in [1.29, 1.82) is 0 Å². The van der Waals surface area contributed by atoms with Gasteiger partial charge in [-0.2, -0.15) is 0 Å². The van der Waals surface area contributed by atoms with Crippen molar-refractivity contribution in [2.24, 2.45) is 0 Å². The van der Waals surface area contributed by atoms with E-state index in [1.165, 1.54) is 6.20 Å². The van der Waals surface area contributed by atoms with E-state index in [-0.39, 0.29) is 11.7 Å². The van der Waals surface area contributed by atoms with Crippen molar-refractivity contribution in [2.75, 3.05) is 5.73 Å². The number of nitrogen functional groups attached to an aromatic ring is 1. The lowest BCUT2D eigenvalue weighted by atomic mass is 10.1. The first-order valence-electron chi connectivity index (χ1n) is 11.0. The van der Waals surface area contributed by atoms with Crippen LogP contribution in [0.25, 0.3) is 11.0 Å². The highest BCUT2D eigenvalue weighted by Crippen LogP contribution is 2.20. The second-order valence-electron chi connectivity index (χ2n) is 7.00. The van der Waals surface area contributed by atoms with Crippen molar-refractivity contribution >= 4 is 34.4 Å². The zero-order valence-corrected chi connectivity index (χ0v) is 21.1. The van der Waals surface area contributed by atoms with E-state index in [4.69, 9.17) is 17.3 Å². The minimum Gasteiger partial charge on any atom is -0.383 e. The molecule has 0 saturated carbocycles. The van der Waals surface area contributed by atoms with Crippen LogP contribution >= 0.6 is 11.6 Å². The molecule has 1 amide bonds. The fourth-order valence-corrected chi connectivity index (χ4v) is 2.88. The molecule has 8 heteroatoms. The van der Waals surface area contributed by atoms with Crippen LogP contribution in [0.5, 0.6) is 0 Å². The highest BCUT2D eigenvalue weighted by molar-refractivity contribution is 6.29.